The number of benzene rings is 2. The third-order valence-electron chi connectivity index (χ3n) is 5.51. The highest BCUT2D eigenvalue weighted by atomic mass is 16.5. The first-order valence-corrected chi connectivity index (χ1v) is 11.1. The number of carbonyl (C=O) groups is 2. The smallest absolute Gasteiger partial charge is 0.278 e. The van der Waals surface area contributed by atoms with Crippen molar-refractivity contribution in [3.8, 4) is 5.75 Å². The summed E-state index contributed by atoms with van der Waals surface area (Å²) in [5.41, 5.74) is 3.85. The van der Waals surface area contributed by atoms with Crippen molar-refractivity contribution < 1.29 is 14.3 Å². The van der Waals surface area contributed by atoms with E-state index in [1.165, 1.54) is 10.5 Å². The zero-order valence-electron chi connectivity index (χ0n) is 19.0. The molecule has 0 unspecified atom stereocenters. The number of hydrogen-bond acceptors (Lipinski definition) is 5. The Kier molecular flexibility index (Phi) is 6.54. The minimum atomic E-state index is -0.373. The van der Waals surface area contributed by atoms with Gasteiger partial charge in [-0.25, -0.2) is 0 Å². The van der Waals surface area contributed by atoms with E-state index in [2.05, 4.69) is 24.1 Å². The van der Waals surface area contributed by atoms with Gasteiger partial charge in [-0.3, -0.25) is 19.5 Å². The van der Waals surface area contributed by atoms with Crippen LogP contribution >= 0.6 is 0 Å². The summed E-state index contributed by atoms with van der Waals surface area (Å²) in [6.07, 6.45) is 1.65. The number of rotatable bonds is 8. The van der Waals surface area contributed by atoms with E-state index in [9.17, 15) is 9.59 Å². The summed E-state index contributed by atoms with van der Waals surface area (Å²) in [6.45, 7) is 6.83. The highest BCUT2D eigenvalue weighted by Gasteiger charge is 2.39. The van der Waals surface area contributed by atoms with E-state index in [0.717, 1.165) is 5.69 Å². The van der Waals surface area contributed by atoms with Gasteiger partial charge >= 0.3 is 0 Å². The number of carbonyl (C=O) groups excluding carboxylic acids is 2. The highest BCUT2D eigenvalue weighted by Crippen LogP contribution is 2.32. The second-order valence-electron chi connectivity index (χ2n) is 8.13. The molecule has 1 aliphatic heterocycles. The molecule has 1 aromatic heterocycles. The first kappa shape index (κ1) is 22.3. The Hall–Kier alpha value is -3.93. The van der Waals surface area contributed by atoms with Gasteiger partial charge in [0.25, 0.3) is 11.8 Å². The fourth-order valence-electron chi connectivity index (χ4n) is 3.74. The molecule has 2 heterocycles. The van der Waals surface area contributed by atoms with E-state index in [4.69, 9.17) is 4.74 Å². The molecule has 0 bridgehead atoms. The van der Waals surface area contributed by atoms with E-state index in [0.29, 0.717) is 35.1 Å². The van der Waals surface area contributed by atoms with Crippen LogP contribution < -0.4 is 10.1 Å². The second-order valence-corrected chi connectivity index (χ2v) is 8.13. The van der Waals surface area contributed by atoms with Crippen LogP contribution in [0.4, 0.5) is 5.69 Å². The fraction of sp³-hybridized carbons (Fsp3) is 0.222. The molecular formula is C27H27N3O3. The van der Waals surface area contributed by atoms with Crippen LogP contribution in [-0.2, 0) is 16.1 Å². The largest absolute Gasteiger partial charge is 0.494 e. The maximum Gasteiger partial charge on any atom is 0.278 e. The van der Waals surface area contributed by atoms with Crippen molar-refractivity contribution in [3.63, 3.8) is 0 Å². The maximum atomic E-state index is 13.4. The Labute approximate surface area is 193 Å². The number of imide groups is 1. The molecular weight excluding hydrogens is 414 g/mol. The van der Waals surface area contributed by atoms with Crippen LogP contribution in [0.25, 0.3) is 5.57 Å². The summed E-state index contributed by atoms with van der Waals surface area (Å²) in [4.78, 5) is 32.3. The van der Waals surface area contributed by atoms with Crippen molar-refractivity contribution in [2.75, 3.05) is 11.9 Å². The number of nitrogens with zero attached hydrogens (tertiary/aromatic N) is 2. The van der Waals surface area contributed by atoms with Crippen LogP contribution in [0.2, 0.25) is 0 Å². The molecule has 1 N–H and O–H groups in total. The molecule has 2 amide bonds. The number of aromatic nitrogens is 1. The molecule has 6 heteroatoms. The minimum absolute atomic E-state index is 0.108. The third kappa shape index (κ3) is 4.80. The highest BCUT2D eigenvalue weighted by molar-refractivity contribution is 6.36. The zero-order chi connectivity index (χ0) is 23.4. The summed E-state index contributed by atoms with van der Waals surface area (Å²) in [5.74, 6) is 0.391. The molecule has 6 nitrogen and oxygen atoms in total. The van der Waals surface area contributed by atoms with Crippen LogP contribution in [0.1, 0.15) is 43.5 Å². The predicted octanol–water partition coefficient (Wildman–Crippen LogP) is 5.00. The van der Waals surface area contributed by atoms with Gasteiger partial charge in [-0.15, -0.1) is 0 Å². The molecule has 0 atom stereocenters. The summed E-state index contributed by atoms with van der Waals surface area (Å²) in [6, 6.07) is 20.6. The monoisotopic (exact) mass is 441 g/mol. The number of ether oxygens (including phenoxy) is 1. The predicted molar refractivity (Wildman–Crippen MR) is 128 cm³/mol. The van der Waals surface area contributed by atoms with E-state index in [1.807, 2.05) is 37.3 Å². The van der Waals surface area contributed by atoms with Gasteiger partial charge < -0.3 is 10.1 Å². The van der Waals surface area contributed by atoms with Crippen LogP contribution in [-0.4, -0.2) is 28.3 Å². The molecule has 4 rings (SSSR count). The van der Waals surface area contributed by atoms with Crippen LogP contribution in [0, 0.1) is 0 Å². The molecule has 33 heavy (non-hydrogen) atoms. The van der Waals surface area contributed by atoms with E-state index in [1.54, 1.807) is 42.6 Å². The van der Waals surface area contributed by atoms with Crippen LogP contribution in [0.15, 0.2) is 78.6 Å². The Bertz CT molecular complexity index is 1170. The molecule has 168 valence electrons. The van der Waals surface area contributed by atoms with Gasteiger partial charge in [0.1, 0.15) is 11.4 Å². The van der Waals surface area contributed by atoms with Crippen molar-refractivity contribution >= 4 is 23.1 Å². The minimum Gasteiger partial charge on any atom is -0.494 e. The lowest BCUT2D eigenvalue weighted by Crippen LogP contribution is -2.32. The van der Waals surface area contributed by atoms with Crippen molar-refractivity contribution in [1.29, 1.82) is 0 Å². The lowest BCUT2D eigenvalue weighted by atomic mass is 10.0. The molecule has 0 saturated heterocycles. The van der Waals surface area contributed by atoms with Gasteiger partial charge in [0.15, 0.2) is 0 Å². The quantitative estimate of drug-likeness (QED) is 0.498. The van der Waals surface area contributed by atoms with Gasteiger partial charge in [0, 0.05) is 11.9 Å². The van der Waals surface area contributed by atoms with E-state index >= 15 is 0 Å². The van der Waals surface area contributed by atoms with Gasteiger partial charge in [-0.2, -0.15) is 0 Å². The van der Waals surface area contributed by atoms with Gasteiger partial charge in [-0.05, 0) is 60.4 Å². The number of nitrogens with one attached hydrogen (secondary N) is 1. The van der Waals surface area contributed by atoms with Crippen molar-refractivity contribution in [2.24, 2.45) is 0 Å². The zero-order valence-corrected chi connectivity index (χ0v) is 19.0. The average Bonchev–Trinajstić information content (AvgIpc) is 3.05. The third-order valence-corrected chi connectivity index (χ3v) is 5.51. The summed E-state index contributed by atoms with van der Waals surface area (Å²) < 4.78 is 5.52. The lowest BCUT2D eigenvalue weighted by Gasteiger charge is -2.15. The van der Waals surface area contributed by atoms with Crippen LogP contribution in [0.3, 0.4) is 0 Å². The Morgan fingerprint density at radius 3 is 2.27 bits per heavy atom. The Balaban J connectivity index is 1.70. The van der Waals surface area contributed by atoms with Crippen molar-refractivity contribution in [1.82, 2.24) is 9.88 Å². The number of anilines is 1. The Morgan fingerprint density at radius 2 is 1.67 bits per heavy atom. The molecule has 2 aromatic carbocycles. The normalized spacial score (nSPS) is 13.8. The maximum absolute atomic E-state index is 13.4. The average molecular weight is 442 g/mol. The molecule has 1 aliphatic rings. The first-order valence-electron chi connectivity index (χ1n) is 11.1. The topological polar surface area (TPSA) is 71.5 Å². The standard InChI is InChI=1S/C27H27N3O3/c1-4-33-23-14-10-20(11-15-23)24-25(29-21-12-8-19(9-13-21)18(2)3)27(32)30(26(24)31)17-22-7-5-6-16-28-22/h5-16,18,29H,4,17H2,1-3H3. The molecule has 3 aromatic rings. The fourth-order valence-corrected chi connectivity index (χ4v) is 3.74. The van der Waals surface area contributed by atoms with E-state index < -0.39 is 0 Å². The van der Waals surface area contributed by atoms with Crippen LogP contribution in [0.5, 0.6) is 5.75 Å². The molecule has 0 radical (unpaired) electrons. The molecule has 0 fully saturated rings. The second kappa shape index (κ2) is 9.69. The van der Waals surface area contributed by atoms with Gasteiger partial charge in [0.05, 0.1) is 24.4 Å². The van der Waals surface area contributed by atoms with Gasteiger partial charge in [0.2, 0.25) is 0 Å². The van der Waals surface area contributed by atoms with Crippen molar-refractivity contribution in [2.45, 2.75) is 33.2 Å². The SMILES string of the molecule is CCOc1ccc(C2=C(Nc3ccc(C(C)C)cc3)C(=O)N(Cc3ccccn3)C2=O)cc1. The molecule has 0 aliphatic carbocycles. The summed E-state index contributed by atoms with van der Waals surface area (Å²) >= 11 is 0. The number of amides is 2. The lowest BCUT2D eigenvalue weighted by molar-refractivity contribution is -0.137. The van der Waals surface area contributed by atoms with Gasteiger partial charge in [-0.1, -0.05) is 44.2 Å². The Morgan fingerprint density at radius 1 is 0.939 bits per heavy atom. The molecule has 0 spiro atoms. The van der Waals surface area contributed by atoms with E-state index in [-0.39, 0.29) is 24.1 Å². The van der Waals surface area contributed by atoms with Crippen molar-refractivity contribution in [3.05, 3.63) is 95.4 Å². The number of hydrogen-bond donors (Lipinski definition) is 1. The summed E-state index contributed by atoms with van der Waals surface area (Å²) in [5, 5.41) is 3.21. The summed E-state index contributed by atoms with van der Waals surface area (Å²) in [7, 11) is 0. The first-order chi connectivity index (χ1) is 16.0. The number of pyridine rings is 1. The molecule has 0 saturated carbocycles.